The molecule has 0 saturated heterocycles. The topological polar surface area (TPSA) is 51.2 Å². The number of hydrogen-bond donors (Lipinski definition) is 0. The molecule has 5 atom stereocenters. The molecule has 3 nitrogen and oxygen atoms in total. The van der Waals surface area contributed by atoms with Gasteiger partial charge in [0.1, 0.15) is 17.3 Å². The number of carbonyl (C=O) groups excluding carboxylic acids is 3. The van der Waals surface area contributed by atoms with E-state index in [2.05, 4.69) is 6.08 Å². The van der Waals surface area contributed by atoms with Crippen LogP contribution in [0.1, 0.15) is 33.1 Å². The zero-order chi connectivity index (χ0) is 13.1. The average molecular weight is 246 g/mol. The van der Waals surface area contributed by atoms with Gasteiger partial charge in [0.2, 0.25) is 0 Å². The van der Waals surface area contributed by atoms with Crippen LogP contribution in [0.3, 0.4) is 0 Å². The van der Waals surface area contributed by atoms with Gasteiger partial charge < -0.3 is 0 Å². The van der Waals surface area contributed by atoms with Crippen molar-refractivity contribution in [1.29, 1.82) is 0 Å². The highest BCUT2D eigenvalue weighted by Gasteiger charge is 2.66. The molecular formula is C15H18O3. The van der Waals surface area contributed by atoms with E-state index < -0.39 is 5.41 Å². The van der Waals surface area contributed by atoms with Gasteiger partial charge in [0.15, 0.2) is 0 Å². The van der Waals surface area contributed by atoms with Gasteiger partial charge in [-0.3, -0.25) is 14.4 Å². The first-order valence-corrected chi connectivity index (χ1v) is 6.70. The van der Waals surface area contributed by atoms with E-state index in [0.717, 1.165) is 6.42 Å². The lowest BCUT2D eigenvalue weighted by molar-refractivity contribution is -0.134. The van der Waals surface area contributed by atoms with Crippen molar-refractivity contribution in [2.75, 3.05) is 0 Å². The van der Waals surface area contributed by atoms with Crippen molar-refractivity contribution in [1.82, 2.24) is 0 Å². The van der Waals surface area contributed by atoms with Crippen LogP contribution < -0.4 is 0 Å². The lowest BCUT2D eigenvalue weighted by atomic mass is 9.71. The fraction of sp³-hybridized carbons (Fsp3) is 0.667. The predicted octanol–water partition coefficient (Wildman–Crippen LogP) is 1.95. The molecule has 0 N–H and O–H groups in total. The summed E-state index contributed by atoms with van der Waals surface area (Å²) in [6, 6.07) is 0. The third-order valence-electron chi connectivity index (χ3n) is 5.21. The average Bonchev–Trinajstić information content (AvgIpc) is 2.87. The second kappa shape index (κ2) is 3.62. The lowest BCUT2D eigenvalue weighted by Gasteiger charge is -2.29. The minimum absolute atomic E-state index is 0.0270. The molecule has 18 heavy (non-hydrogen) atoms. The summed E-state index contributed by atoms with van der Waals surface area (Å²) in [5.41, 5.74) is -0.664. The number of Topliss-reactive ketones (excluding diaryl/α,β-unsaturated/α-hetero) is 3. The summed E-state index contributed by atoms with van der Waals surface area (Å²) in [6.45, 7) is 3.46. The number of fused-ring (bicyclic) bond motifs is 3. The van der Waals surface area contributed by atoms with Gasteiger partial charge in [-0.05, 0) is 25.2 Å². The summed E-state index contributed by atoms with van der Waals surface area (Å²) in [5.74, 6) is 0.589. The first-order valence-electron chi connectivity index (χ1n) is 6.70. The Kier molecular flexibility index (Phi) is 2.38. The van der Waals surface area contributed by atoms with Crippen molar-refractivity contribution in [3.63, 3.8) is 0 Å². The van der Waals surface area contributed by atoms with Gasteiger partial charge in [-0.25, -0.2) is 0 Å². The third kappa shape index (κ3) is 1.28. The van der Waals surface area contributed by atoms with Crippen LogP contribution in [0.5, 0.6) is 0 Å². The minimum atomic E-state index is -0.664. The predicted molar refractivity (Wildman–Crippen MR) is 65.8 cm³/mol. The molecule has 2 fully saturated rings. The van der Waals surface area contributed by atoms with Crippen molar-refractivity contribution in [3.05, 3.63) is 12.2 Å². The summed E-state index contributed by atoms with van der Waals surface area (Å²) in [6.07, 6.45) is 5.48. The monoisotopic (exact) mass is 246 g/mol. The van der Waals surface area contributed by atoms with E-state index in [0.29, 0.717) is 0 Å². The molecule has 3 aliphatic rings. The van der Waals surface area contributed by atoms with Crippen LogP contribution in [0.25, 0.3) is 0 Å². The van der Waals surface area contributed by atoms with Gasteiger partial charge in [0, 0.05) is 30.1 Å². The van der Waals surface area contributed by atoms with E-state index in [-0.39, 0.29) is 53.9 Å². The van der Waals surface area contributed by atoms with Gasteiger partial charge in [0.25, 0.3) is 0 Å². The molecule has 0 aromatic carbocycles. The van der Waals surface area contributed by atoms with Gasteiger partial charge in [-0.15, -0.1) is 0 Å². The number of rotatable bonds is 2. The lowest BCUT2D eigenvalue weighted by Crippen LogP contribution is -2.33. The highest BCUT2D eigenvalue weighted by Crippen LogP contribution is 2.62. The normalized spacial score (nSPS) is 45.4. The summed E-state index contributed by atoms with van der Waals surface area (Å²) >= 11 is 0. The van der Waals surface area contributed by atoms with Gasteiger partial charge >= 0.3 is 0 Å². The van der Waals surface area contributed by atoms with Crippen molar-refractivity contribution in [2.45, 2.75) is 33.1 Å². The number of allylic oxidation sites excluding steroid dienone is 2. The molecule has 0 aliphatic heterocycles. The van der Waals surface area contributed by atoms with E-state index in [4.69, 9.17) is 0 Å². The summed E-state index contributed by atoms with van der Waals surface area (Å²) in [5, 5.41) is 0. The largest absolute Gasteiger partial charge is 0.300 e. The van der Waals surface area contributed by atoms with Crippen LogP contribution in [0.2, 0.25) is 0 Å². The Labute approximate surface area is 107 Å². The molecule has 3 aliphatic carbocycles. The highest BCUT2D eigenvalue weighted by atomic mass is 16.1. The van der Waals surface area contributed by atoms with E-state index in [1.807, 2.05) is 13.0 Å². The Balaban J connectivity index is 2.07. The molecule has 0 aromatic rings. The molecule has 3 heteroatoms. The molecule has 3 rings (SSSR count). The standard InChI is InChI=1S/C15H18O3/c1-8(16)6-15-7-12(17)9(2)13(15)10-4-3-5-11(10)14(15)18/h3,5,9-11,13H,4,6-7H2,1-2H3/t9-,10+,11-,13-,15-/m1/s1. The first kappa shape index (κ1) is 11.8. The Bertz CT molecular complexity index is 472. The molecule has 0 bridgehead atoms. The van der Waals surface area contributed by atoms with Gasteiger partial charge in [0.05, 0.1) is 0 Å². The molecule has 2 saturated carbocycles. The minimum Gasteiger partial charge on any atom is -0.300 e. The van der Waals surface area contributed by atoms with Crippen LogP contribution >= 0.6 is 0 Å². The van der Waals surface area contributed by atoms with E-state index in [9.17, 15) is 14.4 Å². The van der Waals surface area contributed by atoms with Gasteiger partial charge in [-0.2, -0.15) is 0 Å². The molecule has 0 radical (unpaired) electrons. The molecule has 0 heterocycles. The second-order valence-electron chi connectivity index (χ2n) is 6.21. The zero-order valence-corrected chi connectivity index (χ0v) is 10.8. The molecule has 0 spiro atoms. The Morgan fingerprint density at radius 1 is 1.44 bits per heavy atom. The number of hydrogen-bond acceptors (Lipinski definition) is 3. The maximum absolute atomic E-state index is 12.7. The molecule has 0 unspecified atom stereocenters. The van der Waals surface area contributed by atoms with Crippen LogP contribution in [0.15, 0.2) is 12.2 Å². The fourth-order valence-electron chi connectivity index (χ4n) is 4.67. The summed E-state index contributed by atoms with van der Waals surface area (Å²) in [4.78, 5) is 36.2. The second-order valence-corrected chi connectivity index (χ2v) is 6.21. The molecule has 96 valence electrons. The molecule has 0 aromatic heterocycles. The number of ketones is 3. The maximum Gasteiger partial charge on any atom is 0.147 e. The fourth-order valence-corrected chi connectivity index (χ4v) is 4.67. The third-order valence-corrected chi connectivity index (χ3v) is 5.21. The summed E-state index contributed by atoms with van der Waals surface area (Å²) in [7, 11) is 0. The zero-order valence-electron chi connectivity index (χ0n) is 10.8. The van der Waals surface area contributed by atoms with Crippen molar-refractivity contribution in [2.24, 2.45) is 29.1 Å². The summed E-state index contributed by atoms with van der Waals surface area (Å²) < 4.78 is 0. The maximum atomic E-state index is 12.7. The Morgan fingerprint density at radius 3 is 2.83 bits per heavy atom. The van der Waals surface area contributed by atoms with Crippen molar-refractivity contribution in [3.8, 4) is 0 Å². The Morgan fingerprint density at radius 2 is 2.17 bits per heavy atom. The van der Waals surface area contributed by atoms with E-state index in [1.165, 1.54) is 6.92 Å². The van der Waals surface area contributed by atoms with Crippen LogP contribution in [-0.4, -0.2) is 17.3 Å². The van der Waals surface area contributed by atoms with E-state index >= 15 is 0 Å². The van der Waals surface area contributed by atoms with Gasteiger partial charge in [-0.1, -0.05) is 19.1 Å². The van der Waals surface area contributed by atoms with Crippen LogP contribution in [0, 0.1) is 29.1 Å². The Hall–Kier alpha value is -1.25. The smallest absolute Gasteiger partial charge is 0.147 e. The highest BCUT2D eigenvalue weighted by molar-refractivity contribution is 6.02. The quantitative estimate of drug-likeness (QED) is 0.700. The van der Waals surface area contributed by atoms with Crippen LogP contribution in [-0.2, 0) is 14.4 Å². The SMILES string of the molecule is CC(=O)C[C@@]12CC(=O)[C@@H](C)[C@@H]1[C@H]1CC=C[C@H]1C2=O. The van der Waals surface area contributed by atoms with Crippen molar-refractivity contribution < 1.29 is 14.4 Å². The molecule has 0 amide bonds. The van der Waals surface area contributed by atoms with Crippen LogP contribution in [0.4, 0.5) is 0 Å². The first-order chi connectivity index (χ1) is 8.47. The van der Waals surface area contributed by atoms with Crippen molar-refractivity contribution >= 4 is 17.3 Å². The number of carbonyl (C=O) groups is 3. The van der Waals surface area contributed by atoms with E-state index in [1.54, 1.807) is 0 Å². The molecular weight excluding hydrogens is 228 g/mol.